The van der Waals surface area contributed by atoms with E-state index in [-0.39, 0.29) is 11.9 Å². The van der Waals surface area contributed by atoms with E-state index in [1.165, 1.54) is 0 Å². The zero-order valence-electron chi connectivity index (χ0n) is 15.2. The molecule has 0 aromatic heterocycles. The van der Waals surface area contributed by atoms with Gasteiger partial charge in [-0.15, -0.1) is 0 Å². The van der Waals surface area contributed by atoms with Crippen LogP contribution in [0.3, 0.4) is 0 Å². The van der Waals surface area contributed by atoms with Crippen LogP contribution in [-0.2, 0) is 4.79 Å². The van der Waals surface area contributed by atoms with Gasteiger partial charge in [-0.3, -0.25) is 9.69 Å². The molecule has 1 saturated heterocycles. The molecule has 4 nitrogen and oxygen atoms in total. The molecule has 1 heterocycles. The maximum absolute atomic E-state index is 13.0. The van der Waals surface area contributed by atoms with Gasteiger partial charge in [0.05, 0.1) is 12.6 Å². The van der Waals surface area contributed by atoms with Crippen molar-refractivity contribution in [3.05, 3.63) is 69.8 Å². The van der Waals surface area contributed by atoms with Crippen LogP contribution in [0.4, 0.5) is 0 Å². The van der Waals surface area contributed by atoms with E-state index in [1.54, 1.807) is 11.0 Å². The minimum absolute atomic E-state index is 0.141. The third kappa shape index (κ3) is 4.39. The molecule has 0 radical (unpaired) electrons. The summed E-state index contributed by atoms with van der Waals surface area (Å²) < 4.78 is 6.72. The van der Waals surface area contributed by atoms with E-state index in [0.717, 1.165) is 27.8 Å². The van der Waals surface area contributed by atoms with Gasteiger partial charge in [-0.1, -0.05) is 53.2 Å². The molecule has 0 bridgehead atoms. The first-order valence-corrected chi connectivity index (χ1v) is 10.0. The molecule has 1 atom stereocenters. The highest BCUT2D eigenvalue weighted by molar-refractivity contribution is 9.10. The molecule has 1 unspecified atom stereocenters. The lowest BCUT2D eigenvalue weighted by molar-refractivity contribution is -0.123. The summed E-state index contributed by atoms with van der Waals surface area (Å²) in [7, 11) is 0. The van der Waals surface area contributed by atoms with Crippen LogP contribution in [-0.4, -0.2) is 22.5 Å². The second-order valence-corrected chi connectivity index (χ2v) is 7.58. The maximum Gasteiger partial charge on any atom is 0.277 e. The lowest BCUT2D eigenvalue weighted by Crippen LogP contribution is -2.33. The minimum Gasteiger partial charge on any atom is -0.493 e. The molecule has 2 aromatic carbocycles. The van der Waals surface area contributed by atoms with E-state index in [9.17, 15) is 4.79 Å². The average Bonchev–Trinajstić information content (AvgIpc) is 2.94. The predicted molar refractivity (Wildman–Crippen MR) is 115 cm³/mol. The summed E-state index contributed by atoms with van der Waals surface area (Å²) >= 11 is 8.91. The quantitative estimate of drug-likeness (QED) is 0.499. The SMILES string of the molecule is CCCOc1ccc(Br)cc1/C=C1\NC(=S)N(C(C)c2ccccc2)C1=O. The number of rotatable bonds is 6. The Morgan fingerprint density at radius 3 is 2.70 bits per heavy atom. The fourth-order valence-electron chi connectivity index (χ4n) is 2.91. The fraction of sp³-hybridized carbons (Fsp3) is 0.238. The molecule has 2 aromatic rings. The van der Waals surface area contributed by atoms with Crippen LogP contribution >= 0.6 is 28.1 Å². The number of hydrogen-bond acceptors (Lipinski definition) is 3. The summed E-state index contributed by atoms with van der Waals surface area (Å²) in [4.78, 5) is 14.6. The van der Waals surface area contributed by atoms with Gasteiger partial charge < -0.3 is 10.1 Å². The van der Waals surface area contributed by atoms with E-state index < -0.39 is 0 Å². The summed E-state index contributed by atoms with van der Waals surface area (Å²) in [6, 6.07) is 15.5. The molecule has 0 saturated carbocycles. The lowest BCUT2D eigenvalue weighted by Gasteiger charge is -2.23. The van der Waals surface area contributed by atoms with Crippen LogP contribution in [0.25, 0.3) is 6.08 Å². The fourth-order valence-corrected chi connectivity index (χ4v) is 3.64. The first kappa shape index (κ1) is 19.6. The molecule has 1 amide bonds. The Morgan fingerprint density at radius 1 is 1.26 bits per heavy atom. The molecule has 1 fully saturated rings. The topological polar surface area (TPSA) is 41.6 Å². The first-order chi connectivity index (χ1) is 13.0. The van der Waals surface area contributed by atoms with Gasteiger partial charge in [0.2, 0.25) is 0 Å². The molecule has 140 valence electrons. The number of ether oxygens (including phenoxy) is 1. The van der Waals surface area contributed by atoms with Gasteiger partial charge in [0.1, 0.15) is 11.4 Å². The smallest absolute Gasteiger partial charge is 0.277 e. The highest BCUT2D eigenvalue weighted by Gasteiger charge is 2.34. The molecule has 0 spiro atoms. The number of thiocarbonyl (C=S) groups is 1. The van der Waals surface area contributed by atoms with Gasteiger partial charge in [-0.25, -0.2) is 0 Å². The molecule has 6 heteroatoms. The number of hydrogen-bond donors (Lipinski definition) is 1. The van der Waals surface area contributed by atoms with Gasteiger partial charge in [-0.05, 0) is 55.4 Å². The molecule has 3 rings (SSSR count). The Balaban J connectivity index is 1.90. The Morgan fingerprint density at radius 2 is 2.00 bits per heavy atom. The molecule has 27 heavy (non-hydrogen) atoms. The minimum atomic E-state index is -0.150. The number of benzene rings is 2. The van der Waals surface area contributed by atoms with Crippen LogP contribution in [0.2, 0.25) is 0 Å². The van der Waals surface area contributed by atoms with Crippen LogP contribution in [0.5, 0.6) is 5.75 Å². The second-order valence-electron chi connectivity index (χ2n) is 6.28. The van der Waals surface area contributed by atoms with Crippen LogP contribution in [0.15, 0.2) is 58.7 Å². The Bertz CT molecular complexity index is 883. The Hall–Kier alpha value is -2.18. The number of carbonyl (C=O) groups is 1. The van der Waals surface area contributed by atoms with E-state index in [2.05, 4.69) is 28.2 Å². The summed E-state index contributed by atoms with van der Waals surface area (Å²) in [5, 5.41) is 3.46. The van der Waals surface area contributed by atoms with Crippen LogP contribution in [0.1, 0.15) is 37.4 Å². The average molecular weight is 445 g/mol. The largest absolute Gasteiger partial charge is 0.493 e. The van der Waals surface area contributed by atoms with Crippen LogP contribution in [0, 0.1) is 0 Å². The van der Waals surface area contributed by atoms with E-state index >= 15 is 0 Å². The van der Waals surface area contributed by atoms with Crippen molar-refractivity contribution in [1.29, 1.82) is 0 Å². The number of nitrogens with one attached hydrogen (secondary N) is 1. The normalized spacial score (nSPS) is 16.6. The van der Waals surface area contributed by atoms with Crippen molar-refractivity contribution >= 4 is 45.2 Å². The molecule has 0 aliphatic carbocycles. The van der Waals surface area contributed by atoms with Crippen molar-refractivity contribution in [2.45, 2.75) is 26.3 Å². The number of nitrogens with zero attached hydrogens (tertiary/aromatic N) is 1. The highest BCUT2D eigenvalue weighted by atomic mass is 79.9. The zero-order chi connectivity index (χ0) is 19.4. The first-order valence-electron chi connectivity index (χ1n) is 8.84. The van der Waals surface area contributed by atoms with Gasteiger partial charge >= 0.3 is 0 Å². The Kier molecular flexibility index (Phi) is 6.29. The van der Waals surface area contributed by atoms with E-state index in [0.29, 0.717) is 17.4 Å². The Labute approximate surface area is 173 Å². The molecule has 1 N–H and O–H groups in total. The maximum atomic E-state index is 13.0. The summed E-state index contributed by atoms with van der Waals surface area (Å²) in [5.74, 6) is 0.598. The number of carbonyl (C=O) groups excluding carboxylic acids is 1. The van der Waals surface area contributed by atoms with Crippen molar-refractivity contribution in [2.24, 2.45) is 0 Å². The lowest BCUT2D eigenvalue weighted by atomic mass is 10.1. The predicted octanol–water partition coefficient (Wildman–Crippen LogP) is 5.06. The molecule has 1 aliphatic heterocycles. The third-order valence-corrected chi connectivity index (χ3v) is 5.10. The van der Waals surface area contributed by atoms with E-state index in [4.69, 9.17) is 17.0 Å². The summed E-state index contributed by atoms with van der Waals surface area (Å²) in [6.45, 7) is 4.65. The van der Waals surface area contributed by atoms with Gasteiger partial charge in [0, 0.05) is 10.0 Å². The molecular formula is C21H21BrN2O2S. The standard InChI is InChI=1S/C21H21BrN2O2S/c1-3-11-26-19-10-9-17(22)12-16(19)13-18-20(25)24(21(27)23-18)14(2)15-7-5-4-6-8-15/h4-10,12-14H,3,11H2,1-2H3,(H,23,27)/b18-13-. The second kappa shape index (κ2) is 8.67. The van der Waals surface area contributed by atoms with Crippen LogP contribution < -0.4 is 10.1 Å². The van der Waals surface area contributed by atoms with Crippen molar-refractivity contribution in [1.82, 2.24) is 10.2 Å². The summed E-state index contributed by atoms with van der Waals surface area (Å²) in [6.07, 6.45) is 2.71. The zero-order valence-corrected chi connectivity index (χ0v) is 17.6. The number of halogens is 1. The van der Waals surface area contributed by atoms with Crippen molar-refractivity contribution in [3.8, 4) is 5.75 Å². The van der Waals surface area contributed by atoms with Gasteiger partial charge in [0.25, 0.3) is 5.91 Å². The van der Waals surface area contributed by atoms with Crippen molar-refractivity contribution in [2.75, 3.05) is 6.61 Å². The van der Waals surface area contributed by atoms with Crippen molar-refractivity contribution in [3.63, 3.8) is 0 Å². The summed E-state index contributed by atoms with van der Waals surface area (Å²) in [5.41, 5.74) is 2.30. The van der Waals surface area contributed by atoms with Crippen molar-refractivity contribution < 1.29 is 9.53 Å². The monoisotopic (exact) mass is 444 g/mol. The van der Waals surface area contributed by atoms with Gasteiger partial charge in [-0.2, -0.15) is 0 Å². The van der Waals surface area contributed by atoms with E-state index in [1.807, 2.05) is 55.5 Å². The third-order valence-electron chi connectivity index (χ3n) is 4.31. The highest BCUT2D eigenvalue weighted by Crippen LogP contribution is 2.29. The van der Waals surface area contributed by atoms with Gasteiger partial charge in [0.15, 0.2) is 5.11 Å². The molecule has 1 aliphatic rings. The molecular weight excluding hydrogens is 424 g/mol. The number of amides is 1.